The molecule has 1 amide bonds. The summed E-state index contributed by atoms with van der Waals surface area (Å²) in [6.07, 6.45) is -0.692. The molecule has 1 fully saturated rings. The van der Waals surface area contributed by atoms with Crippen LogP contribution in [-0.2, 0) is 17.8 Å². The number of aliphatic hydroxyl groups excluding tert-OH is 1. The second kappa shape index (κ2) is 6.92. The monoisotopic (exact) mass is 374 g/mol. The molecule has 1 aromatic heterocycles. The first-order valence-corrected chi connectivity index (χ1v) is 9.28. The lowest BCUT2D eigenvalue weighted by Gasteiger charge is -2.26. The molecule has 0 unspecified atom stereocenters. The van der Waals surface area contributed by atoms with Gasteiger partial charge in [-0.25, -0.2) is 13.9 Å². The first-order chi connectivity index (χ1) is 12.9. The minimum Gasteiger partial charge on any atom is -0.388 e. The molecular weight excluding hydrogens is 351 g/mol. The van der Waals surface area contributed by atoms with Crippen molar-refractivity contribution in [1.29, 1.82) is 0 Å². The Morgan fingerprint density at radius 1 is 1.30 bits per heavy atom. The highest BCUT2D eigenvalue weighted by Crippen LogP contribution is 2.26. The third-order valence-electron chi connectivity index (χ3n) is 5.40. The fourth-order valence-electron chi connectivity index (χ4n) is 3.87. The molecular formula is C19H23FN4O3. The highest BCUT2D eigenvalue weighted by atomic mass is 19.1. The molecule has 0 aliphatic carbocycles. The second-order valence-corrected chi connectivity index (χ2v) is 7.45. The average Bonchev–Trinajstić information content (AvgIpc) is 3.16. The maximum Gasteiger partial charge on any atom is 0.346 e. The number of hydrogen-bond acceptors (Lipinski definition) is 4. The van der Waals surface area contributed by atoms with Gasteiger partial charge in [-0.2, -0.15) is 5.10 Å². The number of hydrogen-bond donors (Lipinski definition) is 1. The maximum atomic E-state index is 13.6. The van der Waals surface area contributed by atoms with Crippen LogP contribution in [0.4, 0.5) is 4.39 Å². The van der Waals surface area contributed by atoms with E-state index in [1.165, 1.54) is 14.1 Å². The van der Waals surface area contributed by atoms with E-state index in [1.54, 1.807) is 0 Å². The van der Waals surface area contributed by atoms with Crippen LogP contribution >= 0.6 is 0 Å². The molecule has 0 bridgehead atoms. The number of alkyl halides is 1. The number of carbonyl (C=O) groups is 1. The van der Waals surface area contributed by atoms with Crippen molar-refractivity contribution in [3.05, 3.63) is 51.7 Å². The van der Waals surface area contributed by atoms with Crippen molar-refractivity contribution in [3.63, 3.8) is 0 Å². The zero-order valence-corrected chi connectivity index (χ0v) is 15.2. The summed E-state index contributed by atoms with van der Waals surface area (Å²) in [6, 6.07) is 7.19. The Bertz CT molecular complexity index is 895. The molecule has 1 saturated heterocycles. The number of benzene rings is 1. The average molecular weight is 374 g/mol. The molecule has 2 aliphatic rings. The largest absolute Gasteiger partial charge is 0.388 e. The number of carbonyl (C=O) groups excluding carboxylic acids is 1. The molecule has 8 heteroatoms. The molecule has 0 radical (unpaired) electrons. The lowest BCUT2D eigenvalue weighted by atomic mass is 10.0. The molecule has 144 valence electrons. The molecule has 2 aromatic rings. The lowest BCUT2D eigenvalue weighted by molar-refractivity contribution is -0.134. The van der Waals surface area contributed by atoms with Crippen LogP contribution in [0.15, 0.2) is 29.1 Å². The van der Waals surface area contributed by atoms with Crippen LogP contribution in [0.3, 0.4) is 0 Å². The van der Waals surface area contributed by atoms with Crippen molar-refractivity contribution in [2.24, 2.45) is 0 Å². The van der Waals surface area contributed by atoms with E-state index >= 15 is 0 Å². The predicted molar refractivity (Wildman–Crippen MR) is 96.2 cm³/mol. The summed E-state index contributed by atoms with van der Waals surface area (Å²) in [5.74, 6) is 0.278. The van der Waals surface area contributed by atoms with Crippen molar-refractivity contribution < 1.29 is 14.3 Å². The number of nitrogens with zero attached hydrogens (tertiary/aromatic N) is 4. The Kier molecular flexibility index (Phi) is 4.59. The Balaban J connectivity index is 1.61. The molecule has 0 spiro atoms. The molecule has 27 heavy (non-hydrogen) atoms. The number of aromatic nitrogens is 3. The SMILES string of the molecule is Cc1ccc(Cn2nc3n(c2=O)[C@H](C(=O)N2C[C@@H](O)[C@H](F)C2)CCC3)cc1. The van der Waals surface area contributed by atoms with Gasteiger partial charge in [-0.3, -0.25) is 9.36 Å². The first kappa shape index (κ1) is 17.9. The first-order valence-electron chi connectivity index (χ1n) is 9.28. The zero-order chi connectivity index (χ0) is 19.1. The third-order valence-corrected chi connectivity index (χ3v) is 5.40. The Hall–Kier alpha value is -2.48. The van der Waals surface area contributed by atoms with E-state index < -0.39 is 18.3 Å². The van der Waals surface area contributed by atoms with Gasteiger partial charge in [0.1, 0.15) is 24.1 Å². The number of β-amino-alcohol motifs (C(OH)–C–C–N with tert-alkyl or cyclic N) is 1. The summed E-state index contributed by atoms with van der Waals surface area (Å²) < 4.78 is 16.5. The van der Waals surface area contributed by atoms with Crippen molar-refractivity contribution in [2.45, 2.75) is 51.0 Å². The van der Waals surface area contributed by atoms with Crippen LogP contribution in [0.2, 0.25) is 0 Å². The number of amides is 1. The van der Waals surface area contributed by atoms with Gasteiger partial charge in [-0.1, -0.05) is 29.8 Å². The Morgan fingerprint density at radius 3 is 2.70 bits per heavy atom. The van der Waals surface area contributed by atoms with E-state index in [4.69, 9.17) is 0 Å². The summed E-state index contributed by atoms with van der Waals surface area (Å²) in [6.45, 7) is 2.18. The summed E-state index contributed by atoms with van der Waals surface area (Å²) >= 11 is 0. The van der Waals surface area contributed by atoms with Gasteiger partial charge in [0.25, 0.3) is 0 Å². The second-order valence-electron chi connectivity index (χ2n) is 7.45. The van der Waals surface area contributed by atoms with E-state index in [0.717, 1.165) is 17.5 Å². The number of rotatable bonds is 3. The molecule has 2 aliphatic heterocycles. The van der Waals surface area contributed by atoms with Gasteiger partial charge in [0.15, 0.2) is 0 Å². The van der Waals surface area contributed by atoms with Crippen molar-refractivity contribution >= 4 is 5.91 Å². The molecule has 3 heterocycles. The van der Waals surface area contributed by atoms with E-state index in [2.05, 4.69) is 5.10 Å². The van der Waals surface area contributed by atoms with Crippen LogP contribution in [0, 0.1) is 6.92 Å². The highest BCUT2D eigenvalue weighted by molar-refractivity contribution is 5.81. The van der Waals surface area contributed by atoms with Crippen molar-refractivity contribution in [2.75, 3.05) is 13.1 Å². The van der Waals surface area contributed by atoms with Crippen molar-refractivity contribution in [1.82, 2.24) is 19.2 Å². The smallest absolute Gasteiger partial charge is 0.346 e. The van der Waals surface area contributed by atoms with Gasteiger partial charge in [0, 0.05) is 13.0 Å². The quantitative estimate of drug-likeness (QED) is 0.863. The third kappa shape index (κ3) is 3.29. The van der Waals surface area contributed by atoms with Gasteiger partial charge in [0.05, 0.1) is 13.1 Å². The van der Waals surface area contributed by atoms with Gasteiger partial charge < -0.3 is 10.0 Å². The summed E-state index contributed by atoms with van der Waals surface area (Å²) in [5.41, 5.74) is 1.78. The number of halogens is 1. The Labute approximate surface area is 156 Å². The molecule has 4 rings (SSSR count). The minimum absolute atomic E-state index is 0.0297. The predicted octanol–water partition coefficient (Wildman–Crippen LogP) is 0.820. The van der Waals surface area contributed by atoms with Gasteiger partial charge in [0.2, 0.25) is 5.91 Å². The normalized spacial score (nSPS) is 24.9. The van der Waals surface area contributed by atoms with Gasteiger partial charge in [-0.05, 0) is 25.3 Å². The van der Waals surface area contributed by atoms with Crippen LogP contribution in [0.1, 0.15) is 35.8 Å². The van der Waals surface area contributed by atoms with Gasteiger partial charge in [-0.15, -0.1) is 0 Å². The van der Waals surface area contributed by atoms with Crippen LogP contribution < -0.4 is 5.69 Å². The fraction of sp³-hybridized carbons (Fsp3) is 0.526. The van der Waals surface area contributed by atoms with Crippen LogP contribution in [0.5, 0.6) is 0 Å². The Morgan fingerprint density at radius 2 is 2.04 bits per heavy atom. The fourth-order valence-corrected chi connectivity index (χ4v) is 3.87. The molecule has 3 atom stereocenters. The van der Waals surface area contributed by atoms with E-state index in [0.29, 0.717) is 25.2 Å². The topological polar surface area (TPSA) is 80.4 Å². The number of likely N-dealkylation sites (tertiary alicyclic amines) is 1. The molecule has 0 saturated carbocycles. The standard InChI is InChI=1S/C19H23FN4O3/c1-12-5-7-13(8-6-12)9-23-19(27)24-15(3-2-4-17(24)21-23)18(26)22-10-14(20)16(25)11-22/h5-8,14-16,25H,2-4,9-11H2,1H3/t14-,15+,16-/m1/s1. The summed E-state index contributed by atoms with van der Waals surface area (Å²) in [7, 11) is 0. The summed E-state index contributed by atoms with van der Waals surface area (Å²) in [5, 5.41) is 14.0. The minimum atomic E-state index is -1.43. The number of aryl methyl sites for hydroxylation is 2. The summed E-state index contributed by atoms with van der Waals surface area (Å²) in [4.78, 5) is 27.1. The number of fused-ring (bicyclic) bond motifs is 1. The maximum absolute atomic E-state index is 13.6. The molecule has 1 aromatic carbocycles. The van der Waals surface area contributed by atoms with Crippen LogP contribution in [-0.4, -0.2) is 55.6 Å². The number of aliphatic hydroxyl groups is 1. The molecule has 1 N–H and O–H groups in total. The van der Waals surface area contributed by atoms with E-state index in [-0.39, 0.29) is 24.7 Å². The van der Waals surface area contributed by atoms with E-state index in [9.17, 15) is 19.1 Å². The van der Waals surface area contributed by atoms with Gasteiger partial charge >= 0.3 is 5.69 Å². The van der Waals surface area contributed by atoms with Crippen LogP contribution in [0.25, 0.3) is 0 Å². The van der Waals surface area contributed by atoms with E-state index in [1.807, 2.05) is 31.2 Å². The zero-order valence-electron chi connectivity index (χ0n) is 15.2. The lowest BCUT2D eigenvalue weighted by Crippen LogP contribution is -2.42. The molecule has 7 nitrogen and oxygen atoms in total. The van der Waals surface area contributed by atoms with Crippen molar-refractivity contribution in [3.8, 4) is 0 Å². The highest BCUT2D eigenvalue weighted by Gasteiger charge is 2.39.